The van der Waals surface area contributed by atoms with Crippen LogP contribution in [0, 0.1) is 0 Å². The highest BCUT2D eigenvalue weighted by Crippen LogP contribution is 2.23. The van der Waals surface area contributed by atoms with Gasteiger partial charge in [0.15, 0.2) is 0 Å². The van der Waals surface area contributed by atoms with Crippen LogP contribution in [0.5, 0.6) is 0 Å². The van der Waals surface area contributed by atoms with Crippen LogP contribution in [0.1, 0.15) is 17.1 Å². The molecule has 0 fully saturated rings. The summed E-state index contributed by atoms with van der Waals surface area (Å²) in [5, 5.41) is 0. The van der Waals surface area contributed by atoms with Crippen molar-refractivity contribution in [3.63, 3.8) is 0 Å². The zero-order valence-electron chi connectivity index (χ0n) is 11.9. The maximum absolute atomic E-state index is 4.79. The third kappa shape index (κ3) is 3.11. The molecule has 1 aromatic heterocycles. The summed E-state index contributed by atoms with van der Waals surface area (Å²) in [6.45, 7) is 3.84. The van der Waals surface area contributed by atoms with Gasteiger partial charge in [-0.25, -0.2) is 4.98 Å². The zero-order valence-corrected chi connectivity index (χ0v) is 11.9. The lowest BCUT2D eigenvalue weighted by Gasteiger charge is -1.99. The first kappa shape index (κ1) is 13.4. The Hall–Kier alpha value is -2.61. The number of H-pyrrole nitrogens is 1. The summed E-state index contributed by atoms with van der Waals surface area (Å²) >= 11 is 0. The number of imidazole rings is 1. The fraction of sp³-hybridized carbons (Fsp3) is 0.105. The topological polar surface area (TPSA) is 28.7 Å². The first-order chi connectivity index (χ1) is 10.4. The number of aromatic nitrogens is 2. The Morgan fingerprint density at radius 3 is 2.29 bits per heavy atom. The number of aromatic amines is 1. The Labute approximate surface area is 125 Å². The minimum atomic E-state index is 0.798. The molecular weight excluding hydrogens is 256 g/mol. The maximum atomic E-state index is 4.79. The first-order valence-electron chi connectivity index (χ1n) is 7.15. The highest BCUT2D eigenvalue weighted by molar-refractivity contribution is 5.62. The molecule has 0 bridgehead atoms. The van der Waals surface area contributed by atoms with Gasteiger partial charge in [0.05, 0.1) is 5.69 Å². The van der Waals surface area contributed by atoms with Crippen LogP contribution in [0.3, 0.4) is 0 Å². The Morgan fingerprint density at radius 2 is 1.62 bits per heavy atom. The van der Waals surface area contributed by atoms with Gasteiger partial charge in [0.1, 0.15) is 5.82 Å². The van der Waals surface area contributed by atoms with Gasteiger partial charge in [-0.05, 0) is 5.56 Å². The zero-order chi connectivity index (χ0) is 14.5. The van der Waals surface area contributed by atoms with Gasteiger partial charge in [-0.2, -0.15) is 0 Å². The third-order valence-corrected chi connectivity index (χ3v) is 3.44. The van der Waals surface area contributed by atoms with Crippen LogP contribution in [0.4, 0.5) is 0 Å². The normalized spacial score (nSPS) is 10.5. The minimum Gasteiger partial charge on any atom is -0.345 e. The molecule has 0 aliphatic heterocycles. The van der Waals surface area contributed by atoms with Crippen LogP contribution in [0.15, 0.2) is 73.3 Å². The van der Waals surface area contributed by atoms with E-state index in [4.69, 9.17) is 4.98 Å². The van der Waals surface area contributed by atoms with E-state index in [0.29, 0.717) is 0 Å². The summed E-state index contributed by atoms with van der Waals surface area (Å²) in [4.78, 5) is 8.24. The summed E-state index contributed by atoms with van der Waals surface area (Å²) in [5.41, 5.74) is 4.56. The van der Waals surface area contributed by atoms with Gasteiger partial charge in [0, 0.05) is 24.1 Å². The molecule has 3 aromatic rings. The monoisotopic (exact) mass is 274 g/mol. The predicted octanol–water partition coefficient (Wildman–Crippen LogP) is 4.40. The molecule has 1 heterocycles. The molecule has 3 rings (SSSR count). The number of allylic oxidation sites excluding steroid dienone is 1. The standard InChI is InChI=1S/C19H18N2/c1-2-9-17-19(16-12-7-4-8-13-16)21-18(20-17)14-15-10-5-3-6-11-15/h2-8,10-13H,1,9,14H2,(H,20,21). The average Bonchev–Trinajstić information content (AvgIpc) is 2.92. The van der Waals surface area contributed by atoms with E-state index in [9.17, 15) is 0 Å². The molecule has 0 atom stereocenters. The Morgan fingerprint density at radius 1 is 0.952 bits per heavy atom. The number of rotatable bonds is 5. The predicted molar refractivity (Wildman–Crippen MR) is 87.2 cm³/mol. The summed E-state index contributed by atoms with van der Waals surface area (Å²) in [6.07, 6.45) is 3.52. The molecule has 0 unspecified atom stereocenters. The quantitative estimate of drug-likeness (QED) is 0.686. The average molecular weight is 274 g/mol. The largest absolute Gasteiger partial charge is 0.345 e. The molecule has 0 aliphatic carbocycles. The molecule has 2 heteroatoms. The van der Waals surface area contributed by atoms with Gasteiger partial charge in [-0.1, -0.05) is 66.7 Å². The molecular formula is C19H18N2. The smallest absolute Gasteiger partial charge is 0.111 e. The van der Waals surface area contributed by atoms with E-state index in [-0.39, 0.29) is 0 Å². The second-order valence-corrected chi connectivity index (χ2v) is 5.03. The summed E-state index contributed by atoms with van der Waals surface area (Å²) in [7, 11) is 0. The molecule has 21 heavy (non-hydrogen) atoms. The fourth-order valence-electron chi connectivity index (χ4n) is 2.46. The van der Waals surface area contributed by atoms with E-state index >= 15 is 0 Å². The highest BCUT2D eigenvalue weighted by Gasteiger charge is 2.11. The van der Waals surface area contributed by atoms with Crippen molar-refractivity contribution in [2.45, 2.75) is 12.8 Å². The number of hydrogen-bond donors (Lipinski definition) is 1. The number of benzene rings is 2. The lowest BCUT2D eigenvalue weighted by atomic mass is 10.1. The van der Waals surface area contributed by atoms with Gasteiger partial charge < -0.3 is 4.98 Å². The summed E-state index contributed by atoms with van der Waals surface area (Å²) in [5.74, 6) is 0.997. The van der Waals surface area contributed by atoms with Crippen molar-refractivity contribution in [2.75, 3.05) is 0 Å². The Kier molecular flexibility index (Phi) is 3.97. The number of nitrogens with one attached hydrogen (secondary N) is 1. The van der Waals surface area contributed by atoms with E-state index in [1.165, 1.54) is 5.56 Å². The van der Waals surface area contributed by atoms with Crippen LogP contribution in [0.2, 0.25) is 0 Å². The van der Waals surface area contributed by atoms with E-state index in [0.717, 1.165) is 35.6 Å². The second kappa shape index (κ2) is 6.23. The van der Waals surface area contributed by atoms with Crippen molar-refractivity contribution in [1.82, 2.24) is 9.97 Å². The molecule has 104 valence electrons. The highest BCUT2D eigenvalue weighted by atomic mass is 14.9. The minimum absolute atomic E-state index is 0.798. The molecule has 2 aromatic carbocycles. The van der Waals surface area contributed by atoms with Crippen molar-refractivity contribution >= 4 is 0 Å². The Balaban J connectivity index is 1.95. The molecule has 1 N–H and O–H groups in total. The van der Waals surface area contributed by atoms with Crippen LogP contribution >= 0.6 is 0 Å². The fourth-order valence-corrected chi connectivity index (χ4v) is 2.46. The van der Waals surface area contributed by atoms with Gasteiger partial charge in [0.2, 0.25) is 0 Å². The molecule has 0 saturated carbocycles. The summed E-state index contributed by atoms with van der Waals surface area (Å²) < 4.78 is 0. The van der Waals surface area contributed by atoms with Crippen LogP contribution in [0.25, 0.3) is 11.3 Å². The van der Waals surface area contributed by atoms with Crippen molar-refractivity contribution < 1.29 is 0 Å². The Bertz CT molecular complexity index is 712. The lowest BCUT2D eigenvalue weighted by Crippen LogP contribution is -1.90. The van der Waals surface area contributed by atoms with Gasteiger partial charge >= 0.3 is 0 Å². The van der Waals surface area contributed by atoms with Crippen LogP contribution < -0.4 is 0 Å². The van der Waals surface area contributed by atoms with E-state index < -0.39 is 0 Å². The van der Waals surface area contributed by atoms with Crippen LogP contribution in [-0.2, 0) is 12.8 Å². The molecule has 0 spiro atoms. The van der Waals surface area contributed by atoms with Gasteiger partial charge in [0.25, 0.3) is 0 Å². The van der Waals surface area contributed by atoms with E-state index in [1.807, 2.05) is 30.3 Å². The van der Waals surface area contributed by atoms with Crippen molar-refractivity contribution in [3.8, 4) is 11.3 Å². The molecule has 0 aliphatic rings. The molecule has 0 radical (unpaired) electrons. The number of hydrogen-bond acceptors (Lipinski definition) is 1. The van der Waals surface area contributed by atoms with Gasteiger partial charge in [-0.15, -0.1) is 6.58 Å². The maximum Gasteiger partial charge on any atom is 0.111 e. The lowest BCUT2D eigenvalue weighted by molar-refractivity contribution is 1.01. The molecule has 0 amide bonds. The molecule has 2 nitrogen and oxygen atoms in total. The third-order valence-electron chi connectivity index (χ3n) is 3.44. The summed E-state index contributed by atoms with van der Waals surface area (Å²) in [6, 6.07) is 20.7. The van der Waals surface area contributed by atoms with Crippen LogP contribution in [-0.4, -0.2) is 9.97 Å². The second-order valence-electron chi connectivity index (χ2n) is 5.03. The molecule has 0 saturated heterocycles. The van der Waals surface area contributed by atoms with Crippen molar-refractivity contribution in [1.29, 1.82) is 0 Å². The first-order valence-corrected chi connectivity index (χ1v) is 7.15. The van der Waals surface area contributed by atoms with E-state index in [1.54, 1.807) is 0 Å². The van der Waals surface area contributed by atoms with Crippen molar-refractivity contribution in [3.05, 3.63) is 90.4 Å². The van der Waals surface area contributed by atoms with Crippen molar-refractivity contribution in [2.24, 2.45) is 0 Å². The number of nitrogens with zero attached hydrogens (tertiary/aromatic N) is 1. The SMILES string of the molecule is C=CCc1[nH]c(Cc2ccccc2)nc1-c1ccccc1. The van der Waals surface area contributed by atoms with Gasteiger partial charge in [-0.3, -0.25) is 0 Å². The van der Waals surface area contributed by atoms with E-state index in [2.05, 4.69) is 48.0 Å².